The summed E-state index contributed by atoms with van der Waals surface area (Å²) < 4.78 is 2.22. The molecule has 0 saturated carbocycles. The topological polar surface area (TPSA) is 59.8 Å². The van der Waals surface area contributed by atoms with E-state index in [0.717, 1.165) is 22.4 Å². The van der Waals surface area contributed by atoms with E-state index in [0.29, 0.717) is 18.2 Å². The summed E-state index contributed by atoms with van der Waals surface area (Å²) in [5.74, 6) is 0.907. The molecule has 3 aromatic rings. The zero-order valence-electron chi connectivity index (χ0n) is 13.6. The van der Waals surface area contributed by atoms with Crippen molar-refractivity contribution in [1.29, 1.82) is 0 Å². The first-order valence-corrected chi connectivity index (χ1v) is 7.72. The van der Waals surface area contributed by atoms with Gasteiger partial charge in [-0.25, -0.2) is 4.98 Å². The molecule has 1 amide bonds. The Bertz CT molecular complexity index is 837. The first kappa shape index (κ1) is 15.2. The minimum Gasteiger partial charge on any atom is -0.348 e. The molecule has 0 unspecified atom stereocenters. The molecule has 0 atom stereocenters. The highest BCUT2D eigenvalue weighted by atomic mass is 16.1. The largest absolute Gasteiger partial charge is 0.348 e. The summed E-state index contributed by atoms with van der Waals surface area (Å²) in [4.78, 5) is 20.6. The van der Waals surface area contributed by atoms with Gasteiger partial charge in [0.15, 0.2) is 0 Å². The SMILES string of the molecule is Cc1nc2cc(CNC(=O)c3ccncc3)ccc2n1C(C)C. The molecule has 0 fully saturated rings. The van der Waals surface area contributed by atoms with Gasteiger partial charge in [0.1, 0.15) is 5.82 Å². The Morgan fingerprint density at radius 2 is 1.96 bits per heavy atom. The highest BCUT2D eigenvalue weighted by Crippen LogP contribution is 2.21. The van der Waals surface area contributed by atoms with Crippen LogP contribution in [0.1, 0.15) is 41.6 Å². The van der Waals surface area contributed by atoms with E-state index in [4.69, 9.17) is 0 Å². The molecule has 0 aliphatic rings. The van der Waals surface area contributed by atoms with Gasteiger partial charge in [-0.05, 0) is 50.6 Å². The molecule has 1 N–H and O–H groups in total. The quantitative estimate of drug-likeness (QED) is 0.805. The van der Waals surface area contributed by atoms with Crippen molar-refractivity contribution in [2.75, 3.05) is 0 Å². The number of carbonyl (C=O) groups is 1. The van der Waals surface area contributed by atoms with Crippen molar-refractivity contribution in [1.82, 2.24) is 19.9 Å². The van der Waals surface area contributed by atoms with Crippen LogP contribution < -0.4 is 5.32 Å². The Morgan fingerprint density at radius 1 is 1.22 bits per heavy atom. The molecule has 5 heteroatoms. The molecule has 0 bridgehead atoms. The van der Waals surface area contributed by atoms with Gasteiger partial charge >= 0.3 is 0 Å². The Hall–Kier alpha value is -2.69. The number of rotatable bonds is 4. The molecule has 0 aliphatic heterocycles. The number of nitrogens with zero attached hydrogens (tertiary/aromatic N) is 3. The predicted molar refractivity (Wildman–Crippen MR) is 90.3 cm³/mol. The second-order valence-electron chi connectivity index (χ2n) is 5.86. The molecule has 2 heterocycles. The molecule has 23 heavy (non-hydrogen) atoms. The Labute approximate surface area is 135 Å². The van der Waals surface area contributed by atoms with Crippen LogP contribution in [-0.2, 0) is 6.54 Å². The maximum Gasteiger partial charge on any atom is 0.251 e. The number of imidazole rings is 1. The molecule has 1 aromatic carbocycles. The van der Waals surface area contributed by atoms with Crippen molar-refractivity contribution >= 4 is 16.9 Å². The summed E-state index contributed by atoms with van der Waals surface area (Å²) in [5, 5.41) is 2.92. The fourth-order valence-electron chi connectivity index (χ4n) is 2.81. The van der Waals surface area contributed by atoms with Gasteiger partial charge in [-0.1, -0.05) is 6.07 Å². The van der Waals surface area contributed by atoms with Gasteiger partial charge in [0, 0.05) is 30.5 Å². The monoisotopic (exact) mass is 308 g/mol. The lowest BCUT2D eigenvalue weighted by Crippen LogP contribution is -2.22. The molecule has 0 saturated heterocycles. The van der Waals surface area contributed by atoms with Gasteiger partial charge in [-0.2, -0.15) is 0 Å². The van der Waals surface area contributed by atoms with Gasteiger partial charge in [-0.15, -0.1) is 0 Å². The number of hydrogen-bond acceptors (Lipinski definition) is 3. The molecule has 3 rings (SSSR count). The average molecular weight is 308 g/mol. The van der Waals surface area contributed by atoms with Gasteiger partial charge in [0.2, 0.25) is 0 Å². The van der Waals surface area contributed by atoms with E-state index >= 15 is 0 Å². The molecule has 5 nitrogen and oxygen atoms in total. The number of hydrogen-bond donors (Lipinski definition) is 1. The van der Waals surface area contributed by atoms with Crippen LogP contribution in [0, 0.1) is 6.92 Å². The van der Waals surface area contributed by atoms with Crippen molar-refractivity contribution in [3.8, 4) is 0 Å². The number of benzene rings is 1. The third-order valence-electron chi connectivity index (χ3n) is 3.84. The first-order valence-electron chi connectivity index (χ1n) is 7.72. The smallest absolute Gasteiger partial charge is 0.251 e. The van der Waals surface area contributed by atoms with Crippen molar-refractivity contribution in [2.24, 2.45) is 0 Å². The van der Waals surface area contributed by atoms with E-state index in [1.165, 1.54) is 0 Å². The van der Waals surface area contributed by atoms with Crippen LogP contribution in [0.25, 0.3) is 11.0 Å². The summed E-state index contributed by atoms with van der Waals surface area (Å²) in [5.41, 5.74) is 3.74. The number of carbonyl (C=O) groups excluding carboxylic acids is 1. The second kappa shape index (κ2) is 6.20. The molecular formula is C18H20N4O. The molecule has 118 valence electrons. The summed E-state index contributed by atoms with van der Waals surface area (Å²) in [6.07, 6.45) is 3.23. The van der Waals surface area contributed by atoms with Gasteiger partial charge in [0.25, 0.3) is 5.91 Å². The summed E-state index contributed by atoms with van der Waals surface area (Å²) >= 11 is 0. The van der Waals surface area contributed by atoms with Crippen LogP contribution in [0.2, 0.25) is 0 Å². The highest BCUT2D eigenvalue weighted by Gasteiger charge is 2.11. The van der Waals surface area contributed by atoms with Crippen LogP contribution in [-0.4, -0.2) is 20.4 Å². The number of aryl methyl sites for hydroxylation is 1. The maximum absolute atomic E-state index is 12.1. The number of aromatic nitrogens is 3. The van der Waals surface area contributed by atoms with E-state index in [1.54, 1.807) is 24.5 Å². The van der Waals surface area contributed by atoms with Gasteiger partial charge < -0.3 is 9.88 Å². The lowest BCUT2D eigenvalue weighted by atomic mass is 10.2. The normalized spacial score (nSPS) is 11.1. The number of nitrogens with one attached hydrogen (secondary N) is 1. The standard InChI is InChI=1S/C18H20N4O/c1-12(2)22-13(3)21-16-10-14(4-5-17(16)22)11-20-18(23)15-6-8-19-9-7-15/h4-10,12H,11H2,1-3H3,(H,20,23). The minimum atomic E-state index is -0.101. The van der Waals surface area contributed by atoms with Crippen LogP contribution in [0.4, 0.5) is 0 Å². The fraction of sp³-hybridized carbons (Fsp3) is 0.278. The Kier molecular flexibility index (Phi) is 4.10. The summed E-state index contributed by atoms with van der Waals surface area (Å²) in [6.45, 7) is 6.80. The van der Waals surface area contributed by atoms with E-state index < -0.39 is 0 Å². The lowest BCUT2D eigenvalue weighted by Gasteiger charge is -2.11. The third kappa shape index (κ3) is 3.08. The number of pyridine rings is 1. The van der Waals surface area contributed by atoms with E-state index in [9.17, 15) is 4.79 Å². The molecular weight excluding hydrogens is 288 g/mol. The lowest BCUT2D eigenvalue weighted by molar-refractivity contribution is 0.0951. The molecule has 2 aromatic heterocycles. The van der Waals surface area contributed by atoms with Gasteiger partial charge in [-0.3, -0.25) is 9.78 Å². The number of fused-ring (bicyclic) bond motifs is 1. The van der Waals surface area contributed by atoms with Crippen molar-refractivity contribution < 1.29 is 4.79 Å². The zero-order chi connectivity index (χ0) is 16.4. The van der Waals surface area contributed by atoms with E-state index in [-0.39, 0.29) is 5.91 Å². The van der Waals surface area contributed by atoms with Crippen molar-refractivity contribution in [2.45, 2.75) is 33.4 Å². The Balaban J connectivity index is 1.78. The van der Waals surface area contributed by atoms with Crippen LogP contribution in [0.3, 0.4) is 0 Å². The minimum absolute atomic E-state index is 0.101. The van der Waals surface area contributed by atoms with Crippen LogP contribution >= 0.6 is 0 Å². The van der Waals surface area contributed by atoms with Crippen LogP contribution in [0.5, 0.6) is 0 Å². The number of amides is 1. The first-order chi connectivity index (χ1) is 11.1. The molecule has 0 aliphatic carbocycles. The van der Waals surface area contributed by atoms with E-state index in [1.807, 2.05) is 19.1 Å². The fourth-order valence-corrected chi connectivity index (χ4v) is 2.81. The summed E-state index contributed by atoms with van der Waals surface area (Å²) in [6, 6.07) is 9.92. The molecule has 0 spiro atoms. The average Bonchev–Trinajstić information content (AvgIpc) is 2.88. The zero-order valence-corrected chi connectivity index (χ0v) is 13.6. The maximum atomic E-state index is 12.1. The van der Waals surface area contributed by atoms with Gasteiger partial charge in [0.05, 0.1) is 11.0 Å². The Morgan fingerprint density at radius 3 is 2.65 bits per heavy atom. The third-order valence-corrected chi connectivity index (χ3v) is 3.84. The van der Waals surface area contributed by atoms with Crippen molar-refractivity contribution in [3.05, 3.63) is 59.7 Å². The highest BCUT2D eigenvalue weighted by molar-refractivity contribution is 5.94. The molecule has 0 radical (unpaired) electrons. The van der Waals surface area contributed by atoms with Crippen molar-refractivity contribution in [3.63, 3.8) is 0 Å². The second-order valence-corrected chi connectivity index (χ2v) is 5.86. The summed E-state index contributed by atoms with van der Waals surface area (Å²) in [7, 11) is 0. The van der Waals surface area contributed by atoms with Crippen LogP contribution in [0.15, 0.2) is 42.7 Å². The van der Waals surface area contributed by atoms with E-state index in [2.05, 4.69) is 39.8 Å². The predicted octanol–water partition coefficient (Wildman–Crippen LogP) is 3.25.